The Morgan fingerprint density at radius 1 is 1.53 bits per heavy atom. The van der Waals surface area contributed by atoms with E-state index >= 15 is 0 Å². The van der Waals surface area contributed by atoms with Crippen LogP contribution in [0.25, 0.3) is 5.82 Å². The molecule has 1 N–H and O–H groups in total. The molecule has 0 aliphatic heterocycles. The molecule has 0 aliphatic carbocycles. The minimum Gasteiger partial charge on any atom is -0.315 e. The maximum absolute atomic E-state index is 10.9. The quantitative estimate of drug-likeness (QED) is 0.839. The molecule has 5 nitrogen and oxygen atoms in total. The van der Waals surface area contributed by atoms with Crippen LogP contribution in [0.3, 0.4) is 0 Å². The highest BCUT2D eigenvalue weighted by atomic mass is 32.1. The van der Waals surface area contributed by atoms with Crippen molar-refractivity contribution in [2.75, 3.05) is 5.32 Å². The molecule has 1 amide bonds. The molecule has 2 aromatic heterocycles. The Balaban J connectivity index is 2.36. The minimum absolute atomic E-state index is 0.0997. The number of carbonyl (C=O) groups excluding carboxylic acids is 1. The first kappa shape index (κ1) is 9.85. The summed E-state index contributed by atoms with van der Waals surface area (Å²) in [5.74, 6) is 0.605. The maximum atomic E-state index is 10.9. The summed E-state index contributed by atoms with van der Waals surface area (Å²) in [6.07, 6.45) is 3.54. The molecule has 2 aromatic rings. The van der Waals surface area contributed by atoms with Crippen molar-refractivity contribution in [1.82, 2.24) is 14.5 Å². The lowest BCUT2D eigenvalue weighted by Gasteiger charge is -2.02. The van der Waals surface area contributed by atoms with Gasteiger partial charge in [-0.3, -0.25) is 9.36 Å². The summed E-state index contributed by atoms with van der Waals surface area (Å²) in [5, 5.41) is 3.47. The molecule has 0 saturated carbocycles. The molecular formula is C9H10N4OS. The van der Waals surface area contributed by atoms with Crippen molar-refractivity contribution < 1.29 is 4.79 Å². The molecule has 78 valence electrons. The van der Waals surface area contributed by atoms with E-state index in [1.54, 1.807) is 16.4 Å². The fraction of sp³-hybridized carbons (Fsp3) is 0.222. The van der Waals surface area contributed by atoms with Crippen LogP contribution in [-0.4, -0.2) is 20.4 Å². The fourth-order valence-electron chi connectivity index (χ4n) is 1.21. The van der Waals surface area contributed by atoms with Crippen LogP contribution in [0.15, 0.2) is 18.0 Å². The van der Waals surface area contributed by atoms with E-state index in [9.17, 15) is 4.79 Å². The Kier molecular flexibility index (Phi) is 2.51. The summed E-state index contributed by atoms with van der Waals surface area (Å²) in [5.41, 5.74) is 2.60. The summed E-state index contributed by atoms with van der Waals surface area (Å²) < 4.78 is 1.79. The molecule has 0 radical (unpaired) electrons. The van der Waals surface area contributed by atoms with Crippen LogP contribution in [0.2, 0.25) is 0 Å². The Morgan fingerprint density at radius 3 is 2.93 bits per heavy atom. The number of carbonyl (C=O) groups is 1. The van der Waals surface area contributed by atoms with Crippen LogP contribution in [0, 0.1) is 6.92 Å². The van der Waals surface area contributed by atoms with Gasteiger partial charge >= 0.3 is 0 Å². The van der Waals surface area contributed by atoms with E-state index in [1.165, 1.54) is 18.3 Å². The lowest BCUT2D eigenvalue weighted by atomic mass is 10.5. The summed E-state index contributed by atoms with van der Waals surface area (Å²) >= 11 is 1.39. The highest BCUT2D eigenvalue weighted by molar-refractivity contribution is 7.14. The van der Waals surface area contributed by atoms with Crippen LogP contribution in [0.4, 0.5) is 5.00 Å². The van der Waals surface area contributed by atoms with Gasteiger partial charge in [-0.1, -0.05) is 0 Å². The number of amides is 1. The number of hydrogen-bond acceptors (Lipinski definition) is 4. The average Bonchev–Trinajstić information content (AvgIpc) is 2.72. The zero-order valence-corrected chi connectivity index (χ0v) is 9.21. The molecule has 0 spiro atoms. The second-order valence-corrected chi connectivity index (χ2v) is 3.96. The molecule has 0 aliphatic rings. The van der Waals surface area contributed by atoms with E-state index in [0.29, 0.717) is 5.82 Å². The van der Waals surface area contributed by atoms with Gasteiger partial charge in [-0.25, -0.2) is 9.97 Å². The third-order valence-electron chi connectivity index (χ3n) is 1.79. The zero-order valence-electron chi connectivity index (χ0n) is 8.39. The van der Waals surface area contributed by atoms with Gasteiger partial charge < -0.3 is 5.32 Å². The van der Waals surface area contributed by atoms with Gasteiger partial charge in [0.15, 0.2) is 5.82 Å². The highest BCUT2D eigenvalue weighted by Gasteiger charge is 2.09. The third-order valence-corrected chi connectivity index (χ3v) is 2.53. The van der Waals surface area contributed by atoms with Crippen molar-refractivity contribution in [2.24, 2.45) is 0 Å². The lowest BCUT2D eigenvalue weighted by molar-refractivity contribution is -0.114. The Hall–Kier alpha value is -1.69. The molecule has 15 heavy (non-hydrogen) atoms. The summed E-state index contributed by atoms with van der Waals surface area (Å²) in [6.45, 7) is 3.38. The fourth-order valence-corrected chi connectivity index (χ4v) is 1.93. The Bertz CT molecular complexity index is 488. The van der Waals surface area contributed by atoms with Crippen LogP contribution in [-0.2, 0) is 4.79 Å². The van der Waals surface area contributed by atoms with Crippen LogP contribution in [0.1, 0.15) is 12.6 Å². The number of nitrogens with one attached hydrogen (secondary N) is 1. The normalized spacial score (nSPS) is 10.3. The number of rotatable bonds is 2. The number of anilines is 1. The minimum atomic E-state index is -0.0997. The number of aromatic nitrogens is 3. The molecule has 0 bridgehead atoms. The molecule has 6 heteroatoms. The predicted molar refractivity (Wildman–Crippen MR) is 58.3 cm³/mol. The highest BCUT2D eigenvalue weighted by Crippen LogP contribution is 2.23. The van der Waals surface area contributed by atoms with Crippen molar-refractivity contribution in [2.45, 2.75) is 13.8 Å². The Morgan fingerprint density at radius 2 is 2.33 bits per heavy atom. The first-order valence-corrected chi connectivity index (χ1v) is 5.27. The van der Waals surface area contributed by atoms with E-state index in [1.807, 2.05) is 13.1 Å². The summed E-state index contributed by atoms with van der Waals surface area (Å²) in [6, 6.07) is 0. The topological polar surface area (TPSA) is 59.8 Å². The molecule has 0 aromatic carbocycles. The van der Waals surface area contributed by atoms with Crippen molar-refractivity contribution in [3.63, 3.8) is 0 Å². The first-order chi connectivity index (χ1) is 7.16. The third kappa shape index (κ3) is 2.04. The van der Waals surface area contributed by atoms with E-state index in [2.05, 4.69) is 15.3 Å². The van der Waals surface area contributed by atoms with E-state index in [-0.39, 0.29) is 5.91 Å². The summed E-state index contributed by atoms with van der Waals surface area (Å²) in [4.78, 5) is 19.2. The molecule has 0 atom stereocenters. The monoisotopic (exact) mass is 222 g/mol. The van der Waals surface area contributed by atoms with Crippen LogP contribution in [0.5, 0.6) is 0 Å². The average molecular weight is 222 g/mol. The lowest BCUT2D eigenvalue weighted by Crippen LogP contribution is -2.07. The van der Waals surface area contributed by atoms with E-state index < -0.39 is 0 Å². The second kappa shape index (κ2) is 3.82. The van der Waals surface area contributed by atoms with Gasteiger partial charge in [0.25, 0.3) is 0 Å². The number of imidazole rings is 1. The summed E-state index contributed by atoms with van der Waals surface area (Å²) in [7, 11) is 0. The van der Waals surface area contributed by atoms with Gasteiger partial charge in [0.1, 0.15) is 11.3 Å². The van der Waals surface area contributed by atoms with Gasteiger partial charge in [0, 0.05) is 13.1 Å². The second-order valence-electron chi connectivity index (χ2n) is 3.11. The number of aryl methyl sites for hydroxylation is 1. The number of nitrogens with zero attached hydrogens (tertiary/aromatic N) is 3. The Labute approximate surface area is 90.8 Å². The molecule has 2 rings (SSSR count). The van der Waals surface area contributed by atoms with Gasteiger partial charge in [0.05, 0.1) is 11.2 Å². The molecule has 0 saturated heterocycles. The van der Waals surface area contributed by atoms with Gasteiger partial charge in [0.2, 0.25) is 5.91 Å². The standard InChI is InChI=1S/C9H10N4OS/c1-6-3-13(4-10-6)8-9(12-7(2)14)15-5-11-8/h3-5H,1-2H3,(H,12,14). The van der Waals surface area contributed by atoms with Crippen molar-refractivity contribution >= 4 is 22.2 Å². The van der Waals surface area contributed by atoms with Crippen LogP contribution < -0.4 is 5.32 Å². The number of thiazole rings is 1. The first-order valence-electron chi connectivity index (χ1n) is 4.39. The van der Waals surface area contributed by atoms with E-state index in [4.69, 9.17) is 0 Å². The van der Waals surface area contributed by atoms with Gasteiger partial charge in [-0.15, -0.1) is 11.3 Å². The largest absolute Gasteiger partial charge is 0.315 e. The molecule has 0 unspecified atom stereocenters. The van der Waals surface area contributed by atoms with Crippen molar-refractivity contribution in [3.05, 3.63) is 23.7 Å². The molecular weight excluding hydrogens is 212 g/mol. The zero-order chi connectivity index (χ0) is 10.8. The van der Waals surface area contributed by atoms with Crippen molar-refractivity contribution in [3.8, 4) is 5.82 Å². The van der Waals surface area contributed by atoms with Crippen molar-refractivity contribution in [1.29, 1.82) is 0 Å². The molecule has 2 heterocycles. The predicted octanol–water partition coefficient (Wildman–Crippen LogP) is 1.60. The smallest absolute Gasteiger partial charge is 0.221 e. The van der Waals surface area contributed by atoms with Gasteiger partial charge in [-0.2, -0.15) is 0 Å². The molecule has 0 fully saturated rings. The SMILES string of the molecule is CC(=O)Nc1scnc1-n1cnc(C)c1. The number of hydrogen-bond donors (Lipinski definition) is 1. The van der Waals surface area contributed by atoms with Crippen LogP contribution >= 0.6 is 11.3 Å². The van der Waals surface area contributed by atoms with E-state index in [0.717, 1.165) is 10.7 Å². The van der Waals surface area contributed by atoms with Gasteiger partial charge in [-0.05, 0) is 6.92 Å². The maximum Gasteiger partial charge on any atom is 0.221 e.